The zero-order valence-electron chi connectivity index (χ0n) is 19.8. The van der Waals surface area contributed by atoms with Gasteiger partial charge in [0.1, 0.15) is 0 Å². The van der Waals surface area contributed by atoms with Gasteiger partial charge in [0.25, 0.3) is 0 Å². The fourth-order valence-electron chi connectivity index (χ4n) is 5.23. The van der Waals surface area contributed by atoms with E-state index >= 15 is 0 Å². The maximum atomic E-state index is 13.2. The van der Waals surface area contributed by atoms with Crippen LogP contribution in [0.4, 0.5) is 5.69 Å². The summed E-state index contributed by atoms with van der Waals surface area (Å²) in [5, 5.41) is 3.19. The number of likely N-dealkylation sites (tertiary alicyclic amines) is 1. The molecule has 1 heterocycles. The van der Waals surface area contributed by atoms with E-state index in [9.17, 15) is 9.59 Å². The van der Waals surface area contributed by atoms with Crippen molar-refractivity contribution in [2.45, 2.75) is 64.0 Å². The molecule has 2 aromatic carbocycles. The van der Waals surface area contributed by atoms with Crippen molar-refractivity contribution in [1.29, 1.82) is 0 Å². The smallest absolute Gasteiger partial charge is 0.229 e. The highest BCUT2D eigenvalue weighted by molar-refractivity contribution is 5.94. The van der Waals surface area contributed by atoms with Crippen LogP contribution in [0.5, 0.6) is 0 Å². The molecule has 1 saturated carbocycles. The van der Waals surface area contributed by atoms with Crippen LogP contribution in [0.15, 0.2) is 54.6 Å². The van der Waals surface area contributed by atoms with E-state index in [4.69, 9.17) is 0 Å². The Morgan fingerprint density at radius 1 is 0.939 bits per heavy atom. The summed E-state index contributed by atoms with van der Waals surface area (Å²) in [6.45, 7) is 2.08. The molecule has 5 nitrogen and oxygen atoms in total. The molecule has 0 aromatic heterocycles. The molecule has 0 spiro atoms. The van der Waals surface area contributed by atoms with Crippen molar-refractivity contribution in [3.8, 4) is 0 Å². The highest BCUT2D eigenvalue weighted by Crippen LogP contribution is 2.26. The Hall–Kier alpha value is -2.66. The first-order valence-electron chi connectivity index (χ1n) is 12.5. The Labute approximate surface area is 198 Å². The Morgan fingerprint density at radius 2 is 1.67 bits per heavy atom. The number of carbonyl (C=O) groups is 2. The van der Waals surface area contributed by atoms with Gasteiger partial charge in [0, 0.05) is 31.4 Å². The quantitative estimate of drug-likeness (QED) is 0.659. The Balaban J connectivity index is 1.35. The molecule has 1 aliphatic carbocycles. The van der Waals surface area contributed by atoms with Gasteiger partial charge in [-0.1, -0.05) is 67.8 Å². The summed E-state index contributed by atoms with van der Waals surface area (Å²) in [7, 11) is 2.20. The second-order valence-corrected chi connectivity index (χ2v) is 9.69. The highest BCUT2D eigenvalue weighted by Gasteiger charge is 2.29. The maximum absolute atomic E-state index is 13.2. The number of rotatable bonds is 7. The van der Waals surface area contributed by atoms with Gasteiger partial charge in [-0.25, -0.2) is 0 Å². The molecule has 2 aliphatic rings. The van der Waals surface area contributed by atoms with Crippen molar-refractivity contribution in [2.24, 2.45) is 5.92 Å². The lowest BCUT2D eigenvalue weighted by Crippen LogP contribution is -2.44. The molecule has 176 valence electrons. The number of carbonyl (C=O) groups excluding carboxylic acids is 2. The third kappa shape index (κ3) is 6.44. The summed E-state index contributed by atoms with van der Waals surface area (Å²) >= 11 is 0. The van der Waals surface area contributed by atoms with Crippen LogP contribution in [-0.2, 0) is 22.6 Å². The fourth-order valence-corrected chi connectivity index (χ4v) is 5.23. The van der Waals surface area contributed by atoms with Gasteiger partial charge in [0.2, 0.25) is 11.8 Å². The molecule has 2 amide bonds. The highest BCUT2D eigenvalue weighted by atomic mass is 16.2. The van der Waals surface area contributed by atoms with Crippen molar-refractivity contribution in [3.63, 3.8) is 0 Å². The fraction of sp³-hybridized carbons (Fsp3) is 0.500. The first kappa shape index (κ1) is 23.5. The minimum atomic E-state index is -0.164. The van der Waals surface area contributed by atoms with Crippen LogP contribution >= 0.6 is 0 Å². The average Bonchev–Trinajstić information content (AvgIpc) is 2.86. The van der Waals surface area contributed by atoms with Gasteiger partial charge in [0.15, 0.2) is 0 Å². The normalized spacial score (nSPS) is 19.5. The monoisotopic (exact) mass is 447 g/mol. The Bertz CT molecular complexity index is 924. The number of hydrogen-bond acceptors (Lipinski definition) is 3. The molecule has 2 aromatic rings. The number of para-hydroxylation sites is 1. The predicted octanol–water partition coefficient (Wildman–Crippen LogP) is 4.87. The third-order valence-electron chi connectivity index (χ3n) is 7.24. The zero-order valence-corrected chi connectivity index (χ0v) is 19.8. The number of benzene rings is 2. The first-order chi connectivity index (χ1) is 16.1. The second kappa shape index (κ2) is 11.5. The van der Waals surface area contributed by atoms with Crippen LogP contribution < -0.4 is 5.32 Å². The number of hydrogen-bond donors (Lipinski definition) is 1. The minimum absolute atomic E-state index is 0.0278. The summed E-state index contributed by atoms with van der Waals surface area (Å²) in [5.74, 6) is -0.0317. The largest absolute Gasteiger partial charge is 0.342 e. The van der Waals surface area contributed by atoms with Gasteiger partial charge < -0.3 is 10.2 Å². The molecule has 1 saturated heterocycles. The topological polar surface area (TPSA) is 52.7 Å². The number of nitrogens with zero attached hydrogens (tertiary/aromatic N) is 2. The summed E-state index contributed by atoms with van der Waals surface area (Å²) in [5.41, 5.74) is 3.08. The number of anilines is 1. The number of amides is 2. The van der Waals surface area contributed by atoms with E-state index in [2.05, 4.69) is 23.3 Å². The van der Waals surface area contributed by atoms with Crippen LogP contribution in [0.2, 0.25) is 0 Å². The number of nitrogens with one attached hydrogen (secondary N) is 1. The molecule has 0 radical (unpaired) electrons. The maximum Gasteiger partial charge on any atom is 0.229 e. The van der Waals surface area contributed by atoms with E-state index in [1.807, 2.05) is 53.4 Å². The molecule has 33 heavy (non-hydrogen) atoms. The lowest BCUT2D eigenvalue weighted by molar-refractivity contribution is -0.133. The summed E-state index contributed by atoms with van der Waals surface area (Å²) < 4.78 is 0. The van der Waals surface area contributed by atoms with Crippen molar-refractivity contribution in [2.75, 3.05) is 25.5 Å². The molecule has 0 bridgehead atoms. The van der Waals surface area contributed by atoms with E-state index < -0.39 is 0 Å². The Morgan fingerprint density at radius 3 is 2.45 bits per heavy atom. The summed E-state index contributed by atoms with van der Waals surface area (Å²) in [6.07, 6.45) is 8.59. The summed E-state index contributed by atoms with van der Waals surface area (Å²) in [6, 6.07) is 18.6. The molecule has 1 N–H and O–H groups in total. The van der Waals surface area contributed by atoms with Crippen LogP contribution in [0.25, 0.3) is 0 Å². The van der Waals surface area contributed by atoms with E-state index in [-0.39, 0.29) is 17.7 Å². The van der Waals surface area contributed by atoms with E-state index in [1.54, 1.807) is 0 Å². The van der Waals surface area contributed by atoms with E-state index in [0.29, 0.717) is 19.0 Å². The zero-order chi connectivity index (χ0) is 23.0. The van der Waals surface area contributed by atoms with Crippen molar-refractivity contribution < 1.29 is 9.59 Å². The molecular weight excluding hydrogens is 410 g/mol. The molecule has 4 rings (SSSR count). The van der Waals surface area contributed by atoms with Crippen LogP contribution in [-0.4, -0.2) is 47.8 Å². The Kier molecular flexibility index (Phi) is 8.16. The first-order valence-corrected chi connectivity index (χ1v) is 12.5. The van der Waals surface area contributed by atoms with Gasteiger partial charge in [-0.2, -0.15) is 0 Å². The molecule has 0 unspecified atom stereocenters. The van der Waals surface area contributed by atoms with Gasteiger partial charge in [0.05, 0.1) is 12.3 Å². The predicted molar refractivity (Wildman–Crippen MR) is 133 cm³/mol. The van der Waals surface area contributed by atoms with Gasteiger partial charge in [-0.05, 0) is 49.9 Å². The minimum Gasteiger partial charge on any atom is -0.342 e. The standard InChI is InChI=1S/C28H37N3O2/c1-30(25-15-6-3-7-16-25)20-23-13-8-9-17-26(23)29-28(33)24-14-10-18-31(21-24)27(32)19-22-11-4-2-5-12-22/h2,4-5,8-9,11-13,17,24-25H,3,6-7,10,14-16,18-21H2,1H3,(H,29,33)/t24-/m0/s1. The summed E-state index contributed by atoms with van der Waals surface area (Å²) in [4.78, 5) is 30.3. The van der Waals surface area contributed by atoms with Crippen LogP contribution in [0.3, 0.4) is 0 Å². The second-order valence-electron chi connectivity index (χ2n) is 9.69. The average molecular weight is 448 g/mol. The van der Waals surface area contributed by atoms with Crippen LogP contribution in [0.1, 0.15) is 56.1 Å². The van der Waals surface area contributed by atoms with Gasteiger partial charge in [-0.15, -0.1) is 0 Å². The SMILES string of the molecule is CN(Cc1ccccc1NC(=O)[C@H]1CCCN(C(=O)Cc2ccccc2)C1)C1CCCCC1. The third-order valence-corrected chi connectivity index (χ3v) is 7.24. The van der Waals surface area contributed by atoms with Gasteiger partial charge in [-0.3, -0.25) is 14.5 Å². The van der Waals surface area contributed by atoms with Crippen molar-refractivity contribution in [3.05, 3.63) is 65.7 Å². The lowest BCUT2D eigenvalue weighted by atomic mass is 9.94. The molecule has 1 aliphatic heterocycles. The van der Waals surface area contributed by atoms with Gasteiger partial charge >= 0.3 is 0 Å². The van der Waals surface area contributed by atoms with E-state index in [1.165, 1.54) is 32.1 Å². The number of piperidine rings is 1. The molecule has 1 atom stereocenters. The van der Waals surface area contributed by atoms with Crippen molar-refractivity contribution in [1.82, 2.24) is 9.80 Å². The van der Waals surface area contributed by atoms with Crippen molar-refractivity contribution >= 4 is 17.5 Å². The molecule has 5 heteroatoms. The van der Waals surface area contributed by atoms with E-state index in [0.717, 1.165) is 42.7 Å². The lowest BCUT2D eigenvalue weighted by Gasteiger charge is -2.33. The van der Waals surface area contributed by atoms with Crippen LogP contribution in [0, 0.1) is 5.92 Å². The molecular formula is C28H37N3O2. The molecule has 2 fully saturated rings.